The number of benzene rings is 2. The fraction of sp³-hybridized carbons (Fsp3) is 0.651. The minimum Gasteiger partial charge on any atom is -0.507 e. The number of hydrogen-bond acceptors (Lipinski definition) is 3. The third-order valence-electron chi connectivity index (χ3n) is 14.1. The first kappa shape index (κ1) is 32.2. The van der Waals surface area contributed by atoms with Gasteiger partial charge in [-0.05, 0) is 139 Å². The molecule has 8 unspecified atom stereocenters. The van der Waals surface area contributed by atoms with Gasteiger partial charge in [0.2, 0.25) is 0 Å². The number of phenolic OH excluding ortho intramolecular Hbond substituents is 1. The molecule has 5 aliphatic carbocycles. The SMILES string of the molecule is CC(C)CCCC(C)C1CCC2C3CC=C4CC(OCCCc5ccc6ccc(O)c7c6c5C=CC7=O)CCC4(C)C3CCC12C. The number of carbonyl (C=O) groups excluding carboxylic acids is 1. The van der Waals surface area contributed by atoms with E-state index in [4.69, 9.17) is 4.74 Å². The summed E-state index contributed by atoms with van der Waals surface area (Å²) >= 11 is 0. The molecule has 2 aromatic rings. The van der Waals surface area contributed by atoms with Crippen molar-refractivity contribution in [2.45, 2.75) is 124 Å². The first-order chi connectivity index (χ1) is 22.1. The van der Waals surface area contributed by atoms with E-state index in [1.807, 2.05) is 12.1 Å². The van der Waals surface area contributed by atoms with Crippen LogP contribution in [0.4, 0.5) is 0 Å². The molecule has 5 aliphatic rings. The number of carbonyl (C=O) groups is 1. The molecule has 3 nitrogen and oxygen atoms in total. The Morgan fingerprint density at radius 3 is 2.59 bits per heavy atom. The number of allylic oxidation sites excluding steroid dienone is 2. The van der Waals surface area contributed by atoms with E-state index in [1.54, 1.807) is 17.7 Å². The normalized spacial score (nSPS) is 33.9. The minimum atomic E-state index is -0.111. The van der Waals surface area contributed by atoms with Gasteiger partial charge in [0, 0.05) is 12.0 Å². The number of rotatable bonds is 10. The Labute approximate surface area is 278 Å². The maximum Gasteiger partial charge on any atom is 0.190 e. The Morgan fingerprint density at radius 1 is 0.935 bits per heavy atom. The maximum absolute atomic E-state index is 12.5. The van der Waals surface area contributed by atoms with Crippen LogP contribution >= 0.6 is 0 Å². The topological polar surface area (TPSA) is 46.5 Å². The predicted molar refractivity (Wildman–Crippen MR) is 190 cm³/mol. The van der Waals surface area contributed by atoms with Gasteiger partial charge >= 0.3 is 0 Å². The highest BCUT2D eigenvalue weighted by Crippen LogP contribution is 2.67. The van der Waals surface area contributed by atoms with Crippen LogP contribution in [-0.2, 0) is 11.2 Å². The molecule has 0 spiro atoms. The Bertz CT molecular complexity index is 1530. The van der Waals surface area contributed by atoms with Crippen LogP contribution in [0.3, 0.4) is 0 Å². The van der Waals surface area contributed by atoms with Crippen LogP contribution in [0.1, 0.15) is 133 Å². The Hall–Kier alpha value is -2.39. The molecule has 46 heavy (non-hydrogen) atoms. The average Bonchev–Trinajstić information content (AvgIpc) is 3.39. The highest BCUT2D eigenvalue weighted by molar-refractivity contribution is 6.21. The zero-order valence-corrected chi connectivity index (χ0v) is 29.2. The van der Waals surface area contributed by atoms with Crippen LogP contribution in [0.25, 0.3) is 16.8 Å². The van der Waals surface area contributed by atoms with Crippen LogP contribution in [0.2, 0.25) is 0 Å². The van der Waals surface area contributed by atoms with E-state index in [2.05, 4.69) is 52.8 Å². The van der Waals surface area contributed by atoms with Crippen molar-refractivity contribution in [1.82, 2.24) is 0 Å². The van der Waals surface area contributed by atoms with Gasteiger partial charge in [-0.15, -0.1) is 0 Å². The van der Waals surface area contributed by atoms with E-state index in [9.17, 15) is 9.90 Å². The number of ketones is 1. The van der Waals surface area contributed by atoms with Gasteiger partial charge in [0.15, 0.2) is 5.78 Å². The smallest absolute Gasteiger partial charge is 0.190 e. The van der Waals surface area contributed by atoms with Crippen molar-refractivity contribution in [2.24, 2.45) is 46.3 Å². The van der Waals surface area contributed by atoms with E-state index in [-0.39, 0.29) is 11.5 Å². The number of hydrogen-bond donors (Lipinski definition) is 1. The fourth-order valence-corrected chi connectivity index (χ4v) is 11.7. The summed E-state index contributed by atoms with van der Waals surface area (Å²) in [6, 6.07) is 7.81. The minimum absolute atomic E-state index is 0.0769. The molecule has 0 amide bonds. The summed E-state index contributed by atoms with van der Waals surface area (Å²) in [5, 5.41) is 12.3. The standard InChI is InChI=1S/C43H58O3/c1-27(2)8-6-9-28(3)35-17-18-36-34-15-14-31-26-32(21-23-42(31,4)37(34)22-24-43(35,36)5)46-25-7-10-29-11-12-30-13-19-38(44)41-39(45)20-16-33(29)40(30)41/h11-14,16,19-20,27-28,32,34-37,44H,6-10,15,17-18,21-26H2,1-5H3. The highest BCUT2D eigenvalue weighted by atomic mass is 16.5. The molecule has 7 rings (SSSR count). The summed E-state index contributed by atoms with van der Waals surface area (Å²) in [5.41, 5.74) is 5.39. The number of aromatic hydroxyl groups is 1. The summed E-state index contributed by atoms with van der Waals surface area (Å²) < 4.78 is 6.59. The van der Waals surface area contributed by atoms with E-state index < -0.39 is 0 Å². The Kier molecular flexibility index (Phi) is 8.79. The zero-order valence-electron chi connectivity index (χ0n) is 29.2. The lowest BCUT2D eigenvalue weighted by atomic mass is 9.47. The van der Waals surface area contributed by atoms with Crippen molar-refractivity contribution < 1.29 is 14.6 Å². The third-order valence-corrected chi connectivity index (χ3v) is 14.1. The van der Waals surface area contributed by atoms with E-state index in [1.165, 1.54) is 69.8 Å². The molecule has 0 aromatic heterocycles. The molecule has 3 heteroatoms. The lowest BCUT2D eigenvalue weighted by Gasteiger charge is -2.58. The van der Waals surface area contributed by atoms with E-state index in [0.29, 0.717) is 22.5 Å². The van der Waals surface area contributed by atoms with Gasteiger partial charge in [-0.3, -0.25) is 4.79 Å². The molecule has 0 bridgehead atoms. The van der Waals surface area contributed by atoms with Crippen LogP contribution in [0.15, 0.2) is 42.0 Å². The maximum atomic E-state index is 12.5. The number of ether oxygens (including phenoxy) is 1. The van der Waals surface area contributed by atoms with Gasteiger partial charge in [-0.1, -0.05) is 89.8 Å². The number of aryl methyl sites for hydroxylation is 1. The number of phenols is 1. The summed E-state index contributed by atoms with van der Waals surface area (Å²) in [4.78, 5) is 12.5. The van der Waals surface area contributed by atoms with Gasteiger partial charge in [-0.2, -0.15) is 0 Å². The quantitative estimate of drug-likeness (QED) is 0.212. The Morgan fingerprint density at radius 2 is 1.76 bits per heavy atom. The van der Waals surface area contributed by atoms with Crippen LogP contribution in [0.5, 0.6) is 5.75 Å². The third kappa shape index (κ3) is 5.51. The lowest BCUT2D eigenvalue weighted by molar-refractivity contribution is -0.0640. The van der Waals surface area contributed by atoms with Crippen molar-refractivity contribution in [1.29, 1.82) is 0 Å². The molecular formula is C43H58O3. The molecule has 0 radical (unpaired) electrons. The molecular weight excluding hydrogens is 564 g/mol. The second-order valence-corrected chi connectivity index (χ2v) is 17.0. The molecule has 0 aliphatic heterocycles. The van der Waals surface area contributed by atoms with E-state index in [0.717, 1.165) is 77.7 Å². The largest absolute Gasteiger partial charge is 0.507 e. The molecule has 0 saturated heterocycles. The van der Waals surface area contributed by atoms with Gasteiger partial charge in [0.1, 0.15) is 5.75 Å². The zero-order chi connectivity index (χ0) is 32.2. The predicted octanol–water partition coefficient (Wildman–Crippen LogP) is 11.1. The summed E-state index contributed by atoms with van der Waals surface area (Å²) in [6.07, 6.45) is 23.4. The molecule has 1 N–H and O–H groups in total. The lowest BCUT2D eigenvalue weighted by Crippen LogP contribution is -2.51. The molecule has 3 saturated carbocycles. The summed E-state index contributed by atoms with van der Waals surface area (Å²) in [7, 11) is 0. The molecule has 248 valence electrons. The van der Waals surface area contributed by atoms with Gasteiger partial charge in [-0.25, -0.2) is 0 Å². The van der Waals surface area contributed by atoms with Crippen LogP contribution in [0, 0.1) is 46.3 Å². The highest BCUT2D eigenvalue weighted by Gasteiger charge is 2.59. The van der Waals surface area contributed by atoms with Crippen molar-refractivity contribution in [3.8, 4) is 5.75 Å². The van der Waals surface area contributed by atoms with Crippen molar-refractivity contribution in [2.75, 3.05) is 6.61 Å². The monoisotopic (exact) mass is 622 g/mol. The van der Waals surface area contributed by atoms with Crippen LogP contribution in [-0.4, -0.2) is 23.6 Å². The first-order valence-corrected chi connectivity index (χ1v) is 18.9. The molecule has 3 fully saturated rings. The van der Waals surface area contributed by atoms with Crippen molar-refractivity contribution >= 4 is 22.6 Å². The van der Waals surface area contributed by atoms with Gasteiger partial charge in [0.25, 0.3) is 0 Å². The summed E-state index contributed by atoms with van der Waals surface area (Å²) in [5.74, 6) is 5.25. The Balaban J connectivity index is 0.957. The van der Waals surface area contributed by atoms with Gasteiger partial charge in [0.05, 0.1) is 11.7 Å². The first-order valence-electron chi connectivity index (χ1n) is 18.9. The second kappa shape index (κ2) is 12.6. The molecule has 2 aromatic carbocycles. The fourth-order valence-electron chi connectivity index (χ4n) is 11.7. The van der Waals surface area contributed by atoms with Crippen LogP contribution < -0.4 is 0 Å². The van der Waals surface area contributed by atoms with Crippen molar-refractivity contribution in [3.05, 3.63) is 58.7 Å². The van der Waals surface area contributed by atoms with Crippen molar-refractivity contribution in [3.63, 3.8) is 0 Å². The molecule has 8 atom stereocenters. The summed E-state index contributed by atoms with van der Waals surface area (Å²) in [6.45, 7) is 13.4. The van der Waals surface area contributed by atoms with E-state index >= 15 is 0 Å². The number of fused-ring (bicyclic) bond motifs is 5. The average molecular weight is 623 g/mol. The second-order valence-electron chi connectivity index (χ2n) is 17.0. The van der Waals surface area contributed by atoms with Gasteiger partial charge < -0.3 is 9.84 Å². The molecule has 0 heterocycles.